The second-order valence-corrected chi connectivity index (χ2v) is 4.55. The summed E-state index contributed by atoms with van der Waals surface area (Å²) in [4.78, 5) is 12.4. The smallest absolute Gasteiger partial charge is 0.233 e. The summed E-state index contributed by atoms with van der Waals surface area (Å²) in [5.74, 6) is 0.432. The highest BCUT2D eigenvalue weighted by Gasteiger charge is 2.35. The van der Waals surface area contributed by atoms with Crippen LogP contribution in [0.15, 0.2) is 18.3 Å². The molecule has 1 heterocycles. The maximum atomic E-state index is 12.4. The van der Waals surface area contributed by atoms with Crippen molar-refractivity contribution in [1.29, 1.82) is 0 Å². The lowest BCUT2D eigenvalue weighted by Crippen LogP contribution is -2.42. The third-order valence-electron chi connectivity index (χ3n) is 3.14. The van der Waals surface area contributed by atoms with E-state index < -0.39 is 5.41 Å². The van der Waals surface area contributed by atoms with Gasteiger partial charge in [0, 0.05) is 12.7 Å². The van der Waals surface area contributed by atoms with Gasteiger partial charge in [0.2, 0.25) is 5.91 Å². The maximum absolute atomic E-state index is 12.4. The third kappa shape index (κ3) is 3.50. The van der Waals surface area contributed by atoms with Gasteiger partial charge in [0.05, 0.1) is 5.41 Å². The van der Waals surface area contributed by atoms with Crippen LogP contribution in [0.5, 0.6) is 0 Å². The molecule has 0 bridgehead atoms. The summed E-state index contributed by atoms with van der Waals surface area (Å²) in [6.07, 6.45) is 5.03. The molecular formula is C13H22N4O. The van der Waals surface area contributed by atoms with E-state index in [-0.39, 0.29) is 5.91 Å². The van der Waals surface area contributed by atoms with Gasteiger partial charge < -0.3 is 11.1 Å². The lowest BCUT2D eigenvalue weighted by Gasteiger charge is -2.30. The molecule has 0 atom stereocenters. The second kappa shape index (κ2) is 7.06. The van der Waals surface area contributed by atoms with Crippen molar-refractivity contribution in [2.75, 3.05) is 11.9 Å². The van der Waals surface area contributed by atoms with E-state index in [4.69, 9.17) is 5.73 Å². The Hall–Kier alpha value is -1.49. The van der Waals surface area contributed by atoms with Crippen LogP contribution in [0.2, 0.25) is 0 Å². The van der Waals surface area contributed by atoms with Crippen molar-refractivity contribution in [2.45, 2.75) is 39.5 Å². The maximum Gasteiger partial charge on any atom is 0.233 e. The predicted octanol–water partition coefficient (Wildman–Crippen LogP) is 1.96. The fraction of sp³-hybridized carbons (Fsp3) is 0.615. The number of nitrogens with zero attached hydrogens (tertiary/aromatic N) is 2. The highest BCUT2D eigenvalue weighted by atomic mass is 16.2. The topological polar surface area (TPSA) is 80.9 Å². The molecule has 0 aliphatic heterocycles. The highest BCUT2D eigenvalue weighted by Crippen LogP contribution is 2.30. The fourth-order valence-corrected chi connectivity index (χ4v) is 2.22. The average Bonchev–Trinajstić information content (AvgIpc) is 2.39. The summed E-state index contributed by atoms with van der Waals surface area (Å²) in [5.41, 5.74) is 5.35. The number of carbonyl (C=O) groups is 1. The third-order valence-corrected chi connectivity index (χ3v) is 3.14. The zero-order chi connectivity index (χ0) is 13.4. The van der Waals surface area contributed by atoms with E-state index in [0.29, 0.717) is 12.4 Å². The molecule has 1 aromatic rings. The van der Waals surface area contributed by atoms with Crippen molar-refractivity contribution < 1.29 is 4.79 Å². The summed E-state index contributed by atoms with van der Waals surface area (Å²) in [5, 5.41) is 10.4. The number of anilines is 1. The molecule has 1 rings (SSSR count). The number of aromatic nitrogens is 2. The fourth-order valence-electron chi connectivity index (χ4n) is 2.22. The lowest BCUT2D eigenvalue weighted by atomic mass is 9.78. The summed E-state index contributed by atoms with van der Waals surface area (Å²) in [6, 6.07) is 3.47. The first-order valence-electron chi connectivity index (χ1n) is 6.47. The normalized spacial score (nSPS) is 11.3. The van der Waals surface area contributed by atoms with Crippen LogP contribution in [0.25, 0.3) is 0 Å². The Labute approximate surface area is 108 Å². The van der Waals surface area contributed by atoms with Crippen molar-refractivity contribution >= 4 is 11.7 Å². The Morgan fingerprint density at radius 3 is 2.50 bits per heavy atom. The standard InChI is InChI=1S/C13H22N4O/c1-3-7-13(10-14,8-4-2)12(18)16-11-6-5-9-15-17-11/h5-6,9H,3-4,7-8,10,14H2,1-2H3,(H,16,17,18). The van der Waals surface area contributed by atoms with Crippen molar-refractivity contribution in [1.82, 2.24) is 10.2 Å². The molecule has 0 aliphatic rings. The van der Waals surface area contributed by atoms with Crippen molar-refractivity contribution in [2.24, 2.45) is 11.1 Å². The Bertz CT molecular complexity index is 361. The molecule has 100 valence electrons. The van der Waals surface area contributed by atoms with Crippen molar-refractivity contribution in [3.8, 4) is 0 Å². The number of rotatable bonds is 7. The minimum atomic E-state index is -0.485. The van der Waals surface area contributed by atoms with Gasteiger partial charge in [-0.15, -0.1) is 5.10 Å². The molecule has 0 fully saturated rings. The molecule has 5 heteroatoms. The van der Waals surface area contributed by atoms with Crippen molar-refractivity contribution in [3.63, 3.8) is 0 Å². The van der Waals surface area contributed by atoms with Crippen LogP contribution in [0, 0.1) is 5.41 Å². The number of nitrogens with one attached hydrogen (secondary N) is 1. The SMILES string of the molecule is CCCC(CN)(CCC)C(=O)Nc1cccnn1. The van der Waals surface area contributed by atoms with Crippen LogP contribution in [-0.4, -0.2) is 22.6 Å². The van der Waals surface area contributed by atoms with Crippen LogP contribution in [0.4, 0.5) is 5.82 Å². The largest absolute Gasteiger partial charge is 0.329 e. The average molecular weight is 250 g/mol. The van der Waals surface area contributed by atoms with Crippen LogP contribution in [-0.2, 0) is 4.79 Å². The summed E-state index contributed by atoms with van der Waals surface area (Å²) < 4.78 is 0. The number of nitrogens with two attached hydrogens (primary N) is 1. The number of amides is 1. The van der Waals surface area contributed by atoms with Gasteiger partial charge in [-0.25, -0.2) is 0 Å². The second-order valence-electron chi connectivity index (χ2n) is 4.55. The quantitative estimate of drug-likeness (QED) is 0.775. The lowest BCUT2D eigenvalue weighted by molar-refractivity contribution is -0.126. The van der Waals surface area contributed by atoms with Gasteiger partial charge in [0.25, 0.3) is 0 Å². The molecule has 1 aromatic heterocycles. The Balaban J connectivity index is 2.82. The molecule has 0 saturated carbocycles. The molecule has 0 saturated heterocycles. The highest BCUT2D eigenvalue weighted by molar-refractivity contribution is 5.94. The van der Waals surface area contributed by atoms with Gasteiger partial charge in [-0.05, 0) is 25.0 Å². The van der Waals surface area contributed by atoms with E-state index in [9.17, 15) is 4.79 Å². The minimum Gasteiger partial charge on any atom is -0.329 e. The van der Waals surface area contributed by atoms with Crippen LogP contribution < -0.4 is 11.1 Å². The molecular weight excluding hydrogens is 228 g/mol. The van der Waals surface area contributed by atoms with Gasteiger partial charge in [0.1, 0.15) is 0 Å². The Morgan fingerprint density at radius 2 is 2.06 bits per heavy atom. The van der Waals surface area contributed by atoms with E-state index >= 15 is 0 Å². The van der Waals surface area contributed by atoms with Crippen molar-refractivity contribution in [3.05, 3.63) is 18.3 Å². The van der Waals surface area contributed by atoms with E-state index in [2.05, 4.69) is 29.4 Å². The number of carbonyl (C=O) groups excluding carboxylic acids is 1. The molecule has 0 radical (unpaired) electrons. The Morgan fingerprint density at radius 1 is 1.39 bits per heavy atom. The van der Waals surface area contributed by atoms with Crippen LogP contribution >= 0.6 is 0 Å². The zero-order valence-corrected chi connectivity index (χ0v) is 11.1. The van der Waals surface area contributed by atoms with Gasteiger partial charge in [-0.2, -0.15) is 5.10 Å². The molecule has 0 unspecified atom stereocenters. The van der Waals surface area contributed by atoms with Crippen LogP contribution in [0.1, 0.15) is 39.5 Å². The van der Waals surface area contributed by atoms with E-state index in [1.54, 1.807) is 18.3 Å². The van der Waals surface area contributed by atoms with Gasteiger partial charge in [0.15, 0.2) is 5.82 Å². The van der Waals surface area contributed by atoms with Gasteiger partial charge in [-0.3, -0.25) is 4.79 Å². The zero-order valence-electron chi connectivity index (χ0n) is 11.1. The summed E-state index contributed by atoms with van der Waals surface area (Å²) in [6.45, 7) is 4.49. The minimum absolute atomic E-state index is 0.0470. The van der Waals surface area contributed by atoms with Gasteiger partial charge in [-0.1, -0.05) is 26.7 Å². The number of hydrogen-bond donors (Lipinski definition) is 2. The predicted molar refractivity (Wildman–Crippen MR) is 72.0 cm³/mol. The first-order valence-corrected chi connectivity index (χ1v) is 6.47. The summed E-state index contributed by atoms with van der Waals surface area (Å²) in [7, 11) is 0. The molecule has 0 aliphatic carbocycles. The first-order chi connectivity index (χ1) is 8.68. The van der Waals surface area contributed by atoms with Gasteiger partial charge >= 0.3 is 0 Å². The molecule has 3 N–H and O–H groups in total. The van der Waals surface area contributed by atoms with Crippen LogP contribution in [0.3, 0.4) is 0 Å². The Kier molecular flexibility index (Phi) is 5.71. The van der Waals surface area contributed by atoms with E-state index in [1.165, 1.54) is 0 Å². The molecule has 0 spiro atoms. The summed E-state index contributed by atoms with van der Waals surface area (Å²) >= 11 is 0. The van der Waals surface area contributed by atoms with E-state index in [1.807, 2.05) is 0 Å². The monoisotopic (exact) mass is 250 g/mol. The molecule has 1 amide bonds. The van der Waals surface area contributed by atoms with E-state index in [0.717, 1.165) is 25.7 Å². The molecule has 0 aromatic carbocycles. The molecule has 18 heavy (non-hydrogen) atoms. The molecule has 5 nitrogen and oxygen atoms in total. The number of hydrogen-bond acceptors (Lipinski definition) is 4. The first kappa shape index (κ1) is 14.6.